The number of halogens is 1. The van der Waals surface area contributed by atoms with Crippen LogP contribution in [0.15, 0.2) is 18.2 Å². The smallest absolute Gasteiger partial charge is 0.303 e. The molecule has 0 aromatic heterocycles. The minimum absolute atomic E-state index is 0.0107. The zero-order valence-electron chi connectivity index (χ0n) is 13.8. The lowest BCUT2D eigenvalue weighted by molar-refractivity contribution is -0.137. The van der Waals surface area contributed by atoms with Gasteiger partial charge < -0.3 is 14.7 Å². The highest BCUT2D eigenvalue weighted by molar-refractivity contribution is 5.77. The average Bonchev–Trinajstić information content (AvgIpc) is 2.57. The van der Waals surface area contributed by atoms with Gasteiger partial charge in [-0.3, -0.25) is 14.5 Å². The minimum Gasteiger partial charge on any atom is -0.497 e. The summed E-state index contributed by atoms with van der Waals surface area (Å²) in [6.07, 6.45) is 0.640. The average molecular weight is 338 g/mol. The summed E-state index contributed by atoms with van der Waals surface area (Å²) in [6.45, 7) is 2.97. The number of hydrogen-bond donors (Lipinski definition) is 1. The summed E-state index contributed by atoms with van der Waals surface area (Å²) >= 11 is 0. The molecule has 0 radical (unpaired) electrons. The molecule has 1 aromatic rings. The second-order valence-corrected chi connectivity index (χ2v) is 5.86. The van der Waals surface area contributed by atoms with E-state index in [9.17, 15) is 14.0 Å². The fourth-order valence-corrected chi connectivity index (χ4v) is 2.74. The number of hydrogen-bond acceptors (Lipinski definition) is 4. The molecule has 1 N–H and O–H groups in total. The monoisotopic (exact) mass is 338 g/mol. The summed E-state index contributed by atoms with van der Waals surface area (Å²) in [4.78, 5) is 26.3. The number of nitrogens with zero attached hydrogens (tertiary/aromatic N) is 2. The summed E-state index contributed by atoms with van der Waals surface area (Å²) in [5.74, 6) is -0.530. The number of ether oxygens (including phenoxy) is 1. The molecule has 6 nitrogen and oxygen atoms in total. The first-order chi connectivity index (χ1) is 11.5. The molecule has 1 amide bonds. The normalized spacial score (nSPS) is 15.3. The lowest BCUT2D eigenvalue weighted by Gasteiger charge is -2.35. The third-order valence-corrected chi connectivity index (χ3v) is 4.15. The number of methoxy groups -OCH3 is 1. The lowest BCUT2D eigenvalue weighted by atomic mass is 10.1. The number of carbonyl (C=O) groups excluding carboxylic acids is 1. The lowest BCUT2D eigenvalue weighted by Crippen LogP contribution is -2.48. The van der Waals surface area contributed by atoms with Crippen LogP contribution in [-0.2, 0) is 16.1 Å². The molecule has 0 unspecified atom stereocenters. The van der Waals surface area contributed by atoms with Crippen LogP contribution in [-0.4, -0.2) is 60.1 Å². The molecular formula is C17H23FN2O4. The van der Waals surface area contributed by atoms with Crippen molar-refractivity contribution in [2.75, 3.05) is 33.3 Å². The standard InChI is InChI=1S/C17H23FN2O4/c1-24-14-5-6-15(18)13(11-14)12-19-7-9-20(10-8-19)16(21)3-2-4-17(22)23/h5-6,11H,2-4,7-10,12H2,1H3,(H,22,23). The Morgan fingerprint density at radius 1 is 1.21 bits per heavy atom. The fraction of sp³-hybridized carbons (Fsp3) is 0.529. The zero-order chi connectivity index (χ0) is 17.5. The van der Waals surface area contributed by atoms with E-state index in [1.807, 2.05) is 0 Å². The van der Waals surface area contributed by atoms with Crippen molar-refractivity contribution in [2.24, 2.45) is 0 Å². The maximum absolute atomic E-state index is 13.9. The van der Waals surface area contributed by atoms with Crippen molar-refractivity contribution in [1.82, 2.24) is 9.80 Å². The Hall–Kier alpha value is -2.15. The number of benzene rings is 1. The van der Waals surface area contributed by atoms with E-state index in [2.05, 4.69) is 4.90 Å². The summed E-state index contributed by atoms with van der Waals surface area (Å²) in [5, 5.41) is 8.60. The molecule has 0 spiro atoms. The molecule has 1 fully saturated rings. The SMILES string of the molecule is COc1ccc(F)c(CN2CCN(C(=O)CCCC(=O)O)CC2)c1. The largest absolute Gasteiger partial charge is 0.497 e. The molecule has 0 atom stereocenters. The quantitative estimate of drug-likeness (QED) is 0.820. The predicted molar refractivity (Wildman–Crippen MR) is 86.3 cm³/mol. The van der Waals surface area contributed by atoms with Crippen molar-refractivity contribution in [3.63, 3.8) is 0 Å². The molecule has 1 heterocycles. The van der Waals surface area contributed by atoms with Gasteiger partial charge >= 0.3 is 5.97 Å². The van der Waals surface area contributed by atoms with Crippen LogP contribution in [0.5, 0.6) is 5.75 Å². The van der Waals surface area contributed by atoms with Gasteiger partial charge in [-0.25, -0.2) is 4.39 Å². The minimum atomic E-state index is -0.882. The van der Waals surface area contributed by atoms with Crippen LogP contribution in [0.2, 0.25) is 0 Å². The van der Waals surface area contributed by atoms with Crippen LogP contribution < -0.4 is 4.74 Å². The number of carbonyl (C=O) groups is 2. The van der Waals surface area contributed by atoms with Gasteiger partial charge in [0.1, 0.15) is 11.6 Å². The molecule has 2 rings (SSSR count). The van der Waals surface area contributed by atoms with Crippen molar-refractivity contribution in [3.8, 4) is 5.75 Å². The number of carboxylic acid groups (broad SMARTS) is 1. The highest BCUT2D eigenvalue weighted by Gasteiger charge is 2.21. The number of aliphatic carboxylic acids is 1. The molecule has 0 saturated carbocycles. The van der Waals surface area contributed by atoms with Crippen LogP contribution in [0.4, 0.5) is 4.39 Å². The first-order valence-electron chi connectivity index (χ1n) is 8.04. The van der Waals surface area contributed by atoms with E-state index in [1.165, 1.54) is 6.07 Å². The molecule has 0 aliphatic carbocycles. The van der Waals surface area contributed by atoms with Gasteiger partial charge in [0.15, 0.2) is 0 Å². The number of amides is 1. The van der Waals surface area contributed by atoms with E-state index in [0.29, 0.717) is 50.5 Å². The molecule has 1 saturated heterocycles. The molecular weight excluding hydrogens is 315 g/mol. The van der Waals surface area contributed by atoms with Gasteiger partial charge in [0.05, 0.1) is 7.11 Å². The van der Waals surface area contributed by atoms with Gasteiger partial charge in [-0.15, -0.1) is 0 Å². The van der Waals surface area contributed by atoms with Crippen molar-refractivity contribution in [2.45, 2.75) is 25.8 Å². The van der Waals surface area contributed by atoms with Gasteiger partial charge in [0, 0.05) is 51.1 Å². The molecule has 0 bridgehead atoms. The first kappa shape index (κ1) is 18.2. The summed E-state index contributed by atoms with van der Waals surface area (Å²) in [5.41, 5.74) is 0.579. The van der Waals surface area contributed by atoms with Crippen LogP contribution in [0, 0.1) is 5.82 Å². The van der Waals surface area contributed by atoms with Crippen molar-refractivity contribution in [3.05, 3.63) is 29.6 Å². The number of piperazine rings is 1. The van der Waals surface area contributed by atoms with E-state index >= 15 is 0 Å². The third kappa shape index (κ3) is 5.19. The Morgan fingerprint density at radius 3 is 2.54 bits per heavy atom. The first-order valence-corrected chi connectivity index (χ1v) is 8.04. The van der Waals surface area contributed by atoms with E-state index in [-0.39, 0.29) is 24.6 Å². The van der Waals surface area contributed by atoms with Crippen molar-refractivity contribution >= 4 is 11.9 Å². The summed E-state index contributed by atoms with van der Waals surface area (Å²) in [6, 6.07) is 4.68. The van der Waals surface area contributed by atoms with E-state index in [1.54, 1.807) is 24.1 Å². The fourth-order valence-electron chi connectivity index (χ4n) is 2.74. The number of carboxylic acids is 1. The summed E-state index contributed by atoms with van der Waals surface area (Å²) < 4.78 is 19.0. The van der Waals surface area contributed by atoms with Gasteiger partial charge in [0.2, 0.25) is 5.91 Å². The molecule has 1 aromatic carbocycles. The predicted octanol–water partition coefficient (Wildman–Crippen LogP) is 1.73. The second-order valence-electron chi connectivity index (χ2n) is 5.86. The maximum atomic E-state index is 13.9. The molecule has 1 aliphatic heterocycles. The van der Waals surface area contributed by atoms with Gasteiger partial charge in [0.25, 0.3) is 0 Å². The Bertz CT molecular complexity index is 586. The van der Waals surface area contributed by atoms with Crippen LogP contribution in [0.3, 0.4) is 0 Å². The molecule has 1 aliphatic rings. The van der Waals surface area contributed by atoms with Crippen LogP contribution in [0.1, 0.15) is 24.8 Å². The second kappa shape index (κ2) is 8.63. The van der Waals surface area contributed by atoms with Gasteiger partial charge in [-0.2, -0.15) is 0 Å². The van der Waals surface area contributed by atoms with Gasteiger partial charge in [-0.05, 0) is 24.6 Å². The van der Waals surface area contributed by atoms with E-state index < -0.39 is 5.97 Å². The Balaban J connectivity index is 1.80. The van der Waals surface area contributed by atoms with E-state index in [4.69, 9.17) is 9.84 Å². The third-order valence-electron chi connectivity index (χ3n) is 4.15. The topological polar surface area (TPSA) is 70.1 Å². The van der Waals surface area contributed by atoms with Crippen molar-refractivity contribution < 1.29 is 23.8 Å². The molecule has 132 valence electrons. The maximum Gasteiger partial charge on any atom is 0.303 e. The Morgan fingerprint density at radius 2 is 1.92 bits per heavy atom. The van der Waals surface area contributed by atoms with Crippen LogP contribution in [0.25, 0.3) is 0 Å². The van der Waals surface area contributed by atoms with Crippen molar-refractivity contribution in [1.29, 1.82) is 0 Å². The Labute approximate surface area is 140 Å². The summed E-state index contributed by atoms with van der Waals surface area (Å²) in [7, 11) is 1.55. The highest BCUT2D eigenvalue weighted by Crippen LogP contribution is 2.19. The highest BCUT2D eigenvalue weighted by atomic mass is 19.1. The number of rotatable bonds is 7. The zero-order valence-corrected chi connectivity index (χ0v) is 13.8. The van der Waals surface area contributed by atoms with Gasteiger partial charge in [-0.1, -0.05) is 0 Å². The van der Waals surface area contributed by atoms with E-state index in [0.717, 1.165) is 0 Å². The van der Waals surface area contributed by atoms with Crippen LogP contribution >= 0.6 is 0 Å². The Kier molecular flexibility index (Phi) is 6.54. The molecule has 24 heavy (non-hydrogen) atoms. The molecule has 7 heteroatoms.